The van der Waals surface area contributed by atoms with Crippen molar-refractivity contribution in [2.75, 3.05) is 10.6 Å². The highest BCUT2D eigenvalue weighted by Crippen LogP contribution is 2.21. The van der Waals surface area contributed by atoms with Crippen LogP contribution in [0.4, 0.5) is 17.5 Å². The Morgan fingerprint density at radius 1 is 0.963 bits per heavy atom. The number of ether oxygens (including phenoxy) is 1. The highest BCUT2D eigenvalue weighted by Gasteiger charge is 2.11. The fourth-order valence-corrected chi connectivity index (χ4v) is 2.48. The molecule has 0 radical (unpaired) electrons. The van der Waals surface area contributed by atoms with Crippen LogP contribution in [0.1, 0.15) is 26.3 Å². The first kappa shape index (κ1) is 19.0. The molecule has 0 spiro atoms. The summed E-state index contributed by atoms with van der Waals surface area (Å²) in [5, 5.41) is 7.26. The lowest BCUT2D eigenvalue weighted by Gasteiger charge is -2.20. The number of nitrogens with one attached hydrogen (secondary N) is 2. The average Bonchev–Trinajstić information content (AvgIpc) is 2.61. The topological polar surface area (TPSA) is 59.1 Å². The van der Waals surface area contributed by atoms with Gasteiger partial charge in [-0.25, -0.2) is 4.98 Å². The maximum atomic E-state index is 5.89. The highest BCUT2D eigenvalue weighted by atomic mass is 35.5. The standard InChI is InChI=1S/C21H23ClN4O/c1-21(2,3)26-20-23-13-12-19(25-20)24-17-8-10-18(11-9-17)27-14-15-4-6-16(22)7-5-15/h4-13H,14H2,1-3H3,(H2,23,24,25,26). The van der Waals surface area contributed by atoms with Crippen molar-refractivity contribution in [3.8, 4) is 5.75 Å². The number of benzene rings is 2. The van der Waals surface area contributed by atoms with Crippen molar-refractivity contribution in [3.63, 3.8) is 0 Å². The van der Waals surface area contributed by atoms with E-state index in [1.807, 2.05) is 54.6 Å². The largest absolute Gasteiger partial charge is 0.489 e. The lowest BCUT2D eigenvalue weighted by Crippen LogP contribution is -2.27. The Kier molecular flexibility index (Phi) is 5.81. The molecule has 0 aliphatic carbocycles. The second kappa shape index (κ2) is 8.27. The molecular weight excluding hydrogens is 360 g/mol. The van der Waals surface area contributed by atoms with Gasteiger partial charge < -0.3 is 15.4 Å². The van der Waals surface area contributed by atoms with E-state index in [2.05, 4.69) is 41.4 Å². The van der Waals surface area contributed by atoms with Crippen molar-refractivity contribution < 1.29 is 4.74 Å². The lowest BCUT2D eigenvalue weighted by atomic mass is 10.1. The minimum atomic E-state index is -0.0955. The zero-order chi connectivity index (χ0) is 19.3. The molecule has 0 saturated carbocycles. The molecule has 5 nitrogen and oxygen atoms in total. The molecular formula is C21H23ClN4O. The van der Waals surface area contributed by atoms with E-state index < -0.39 is 0 Å². The zero-order valence-corrected chi connectivity index (χ0v) is 16.4. The minimum Gasteiger partial charge on any atom is -0.489 e. The molecule has 1 aromatic heterocycles. The van der Waals surface area contributed by atoms with E-state index in [1.165, 1.54) is 0 Å². The predicted octanol–water partition coefficient (Wildman–Crippen LogP) is 5.66. The van der Waals surface area contributed by atoms with E-state index in [1.54, 1.807) is 6.20 Å². The summed E-state index contributed by atoms with van der Waals surface area (Å²) in [6.07, 6.45) is 1.73. The second-order valence-electron chi connectivity index (χ2n) is 7.21. The summed E-state index contributed by atoms with van der Waals surface area (Å²) in [5.41, 5.74) is 1.90. The van der Waals surface area contributed by atoms with Crippen LogP contribution < -0.4 is 15.4 Å². The molecule has 0 aliphatic rings. The Morgan fingerprint density at radius 3 is 2.33 bits per heavy atom. The number of rotatable bonds is 6. The van der Waals surface area contributed by atoms with Gasteiger partial charge in [0.1, 0.15) is 18.2 Å². The van der Waals surface area contributed by atoms with Gasteiger partial charge in [0.2, 0.25) is 5.95 Å². The van der Waals surface area contributed by atoms with Gasteiger partial charge in [0, 0.05) is 22.4 Å². The zero-order valence-electron chi connectivity index (χ0n) is 15.7. The van der Waals surface area contributed by atoms with Gasteiger partial charge >= 0.3 is 0 Å². The van der Waals surface area contributed by atoms with E-state index in [4.69, 9.17) is 16.3 Å². The molecule has 0 bridgehead atoms. The van der Waals surface area contributed by atoms with E-state index in [0.717, 1.165) is 27.8 Å². The molecule has 6 heteroatoms. The first-order chi connectivity index (χ1) is 12.9. The molecule has 2 aromatic carbocycles. The average molecular weight is 383 g/mol. The van der Waals surface area contributed by atoms with Crippen molar-refractivity contribution >= 4 is 29.1 Å². The van der Waals surface area contributed by atoms with Gasteiger partial charge in [-0.15, -0.1) is 0 Å². The summed E-state index contributed by atoms with van der Waals surface area (Å²) < 4.78 is 5.80. The fourth-order valence-electron chi connectivity index (χ4n) is 2.35. The van der Waals surface area contributed by atoms with Crippen LogP contribution in [0.3, 0.4) is 0 Å². The maximum Gasteiger partial charge on any atom is 0.225 e. The number of anilines is 3. The molecule has 0 unspecified atom stereocenters. The Hall–Kier alpha value is -2.79. The third-order valence-corrected chi connectivity index (χ3v) is 3.84. The normalized spacial score (nSPS) is 11.1. The Balaban J connectivity index is 1.59. The predicted molar refractivity (Wildman–Crippen MR) is 111 cm³/mol. The molecule has 0 saturated heterocycles. The summed E-state index contributed by atoms with van der Waals surface area (Å²) in [6.45, 7) is 6.70. The molecule has 0 fully saturated rings. The maximum absolute atomic E-state index is 5.89. The number of hydrogen-bond donors (Lipinski definition) is 2. The lowest BCUT2D eigenvalue weighted by molar-refractivity contribution is 0.306. The SMILES string of the molecule is CC(C)(C)Nc1nccc(Nc2ccc(OCc3ccc(Cl)cc3)cc2)n1. The van der Waals surface area contributed by atoms with E-state index in [9.17, 15) is 0 Å². The van der Waals surface area contributed by atoms with Crippen molar-refractivity contribution in [2.45, 2.75) is 32.9 Å². The smallest absolute Gasteiger partial charge is 0.225 e. The molecule has 27 heavy (non-hydrogen) atoms. The third-order valence-electron chi connectivity index (χ3n) is 3.59. The van der Waals surface area contributed by atoms with E-state index in [0.29, 0.717) is 12.6 Å². The van der Waals surface area contributed by atoms with Gasteiger partial charge in [0.15, 0.2) is 0 Å². The number of hydrogen-bond acceptors (Lipinski definition) is 5. The van der Waals surface area contributed by atoms with E-state index >= 15 is 0 Å². The van der Waals surface area contributed by atoms with Crippen LogP contribution in [0, 0.1) is 0 Å². The molecule has 3 rings (SSSR count). The summed E-state index contributed by atoms with van der Waals surface area (Å²) in [5.74, 6) is 2.12. The van der Waals surface area contributed by atoms with Gasteiger partial charge in [0.05, 0.1) is 0 Å². The van der Waals surface area contributed by atoms with Crippen molar-refractivity contribution in [1.82, 2.24) is 9.97 Å². The fraction of sp³-hybridized carbons (Fsp3) is 0.238. The number of halogens is 1. The van der Waals surface area contributed by atoms with Crippen LogP contribution in [-0.2, 0) is 6.61 Å². The second-order valence-corrected chi connectivity index (χ2v) is 7.64. The van der Waals surface area contributed by atoms with Gasteiger partial charge in [-0.05, 0) is 68.8 Å². The van der Waals surface area contributed by atoms with Crippen molar-refractivity contribution in [3.05, 3.63) is 71.4 Å². The molecule has 3 aromatic rings. The molecule has 0 atom stereocenters. The molecule has 2 N–H and O–H groups in total. The first-order valence-corrected chi connectivity index (χ1v) is 9.11. The van der Waals surface area contributed by atoms with Crippen molar-refractivity contribution in [2.24, 2.45) is 0 Å². The molecule has 140 valence electrons. The summed E-state index contributed by atoms with van der Waals surface area (Å²) in [6, 6.07) is 17.2. The summed E-state index contributed by atoms with van der Waals surface area (Å²) in [4.78, 5) is 8.73. The number of aromatic nitrogens is 2. The van der Waals surface area contributed by atoms with Crippen LogP contribution in [-0.4, -0.2) is 15.5 Å². The monoisotopic (exact) mass is 382 g/mol. The minimum absolute atomic E-state index is 0.0955. The van der Waals surface area contributed by atoms with Crippen LogP contribution >= 0.6 is 11.6 Å². The van der Waals surface area contributed by atoms with Gasteiger partial charge in [-0.3, -0.25) is 0 Å². The van der Waals surface area contributed by atoms with Crippen LogP contribution in [0.25, 0.3) is 0 Å². The van der Waals surface area contributed by atoms with Crippen LogP contribution in [0.2, 0.25) is 5.02 Å². The van der Waals surface area contributed by atoms with E-state index in [-0.39, 0.29) is 5.54 Å². The van der Waals surface area contributed by atoms with Gasteiger partial charge in [0.25, 0.3) is 0 Å². The number of nitrogens with zero attached hydrogens (tertiary/aromatic N) is 2. The quantitative estimate of drug-likeness (QED) is 0.575. The van der Waals surface area contributed by atoms with Crippen LogP contribution in [0.15, 0.2) is 60.8 Å². The summed E-state index contributed by atoms with van der Waals surface area (Å²) in [7, 11) is 0. The molecule has 0 aliphatic heterocycles. The highest BCUT2D eigenvalue weighted by molar-refractivity contribution is 6.30. The Labute approximate surface area is 164 Å². The molecule has 1 heterocycles. The van der Waals surface area contributed by atoms with Crippen LogP contribution in [0.5, 0.6) is 5.75 Å². The third kappa shape index (κ3) is 6.15. The molecule has 0 amide bonds. The first-order valence-electron chi connectivity index (χ1n) is 8.73. The van der Waals surface area contributed by atoms with Gasteiger partial charge in [-0.1, -0.05) is 23.7 Å². The Bertz CT molecular complexity index is 874. The van der Waals surface area contributed by atoms with Crippen molar-refractivity contribution in [1.29, 1.82) is 0 Å². The Morgan fingerprint density at radius 2 is 1.67 bits per heavy atom. The summed E-state index contributed by atoms with van der Waals surface area (Å²) >= 11 is 5.89. The van der Waals surface area contributed by atoms with Gasteiger partial charge in [-0.2, -0.15) is 4.98 Å².